The lowest BCUT2D eigenvalue weighted by molar-refractivity contribution is -0.280. The number of carbonyl (C=O) groups is 2. The topological polar surface area (TPSA) is 145 Å². The molecule has 0 spiro atoms. The summed E-state index contributed by atoms with van der Waals surface area (Å²) < 4.78 is 6.15. The van der Waals surface area contributed by atoms with Gasteiger partial charge in [0.15, 0.2) is 0 Å². The second-order valence-corrected chi connectivity index (χ2v) is 15.3. The van der Waals surface area contributed by atoms with E-state index in [9.17, 15) is 24.9 Å². The number of amides is 2. The van der Waals surface area contributed by atoms with E-state index in [1.165, 1.54) is 128 Å². The maximum Gasteiger partial charge on any atom is 0.240 e. The van der Waals surface area contributed by atoms with E-state index in [4.69, 9.17) is 10.5 Å². The first-order chi connectivity index (χ1) is 24.2. The number of hydrogen-bond acceptors (Lipinski definition) is 7. The van der Waals surface area contributed by atoms with Crippen LogP contribution in [0, 0.1) is 0 Å². The van der Waals surface area contributed by atoms with Crippen LogP contribution in [-0.2, 0) is 14.3 Å². The van der Waals surface area contributed by atoms with Crippen LogP contribution in [0.4, 0.5) is 0 Å². The lowest BCUT2D eigenvalue weighted by Gasteiger charge is -2.51. The fraction of sp³-hybridized carbons (Fsp3) is 0.951. The van der Waals surface area contributed by atoms with Gasteiger partial charge in [-0.05, 0) is 19.8 Å². The zero-order valence-corrected chi connectivity index (χ0v) is 32.8. The Hall–Kier alpha value is -1.26. The van der Waals surface area contributed by atoms with Crippen molar-refractivity contribution in [3.63, 3.8) is 0 Å². The van der Waals surface area contributed by atoms with Crippen molar-refractivity contribution >= 4 is 11.8 Å². The van der Waals surface area contributed by atoms with Crippen LogP contribution in [-0.4, -0.2) is 75.4 Å². The molecule has 0 aromatic carbocycles. The number of nitrogens with zero attached hydrogens (tertiary/aromatic N) is 1. The molecule has 1 rings (SSSR count). The molecule has 2 amide bonds. The number of hydrogen-bond donors (Lipinski definition) is 5. The third-order valence-corrected chi connectivity index (χ3v) is 10.5. The van der Waals surface area contributed by atoms with Gasteiger partial charge in [0.1, 0.15) is 12.2 Å². The number of nitrogens with two attached hydrogens (primary N) is 1. The fourth-order valence-corrected chi connectivity index (χ4v) is 7.19. The van der Waals surface area contributed by atoms with Gasteiger partial charge in [0.25, 0.3) is 0 Å². The van der Waals surface area contributed by atoms with Crippen molar-refractivity contribution in [2.75, 3.05) is 13.2 Å². The van der Waals surface area contributed by atoms with Crippen molar-refractivity contribution in [1.29, 1.82) is 0 Å². The van der Waals surface area contributed by atoms with E-state index in [1.807, 2.05) is 0 Å². The predicted molar refractivity (Wildman–Crippen MR) is 205 cm³/mol. The Morgan fingerprint density at radius 1 is 0.700 bits per heavy atom. The van der Waals surface area contributed by atoms with Gasteiger partial charge in [0.2, 0.25) is 17.7 Å². The van der Waals surface area contributed by atoms with E-state index in [0.717, 1.165) is 44.9 Å². The van der Waals surface area contributed by atoms with Gasteiger partial charge in [0.05, 0.1) is 18.8 Å². The van der Waals surface area contributed by atoms with E-state index >= 15 is 0 Å². The molecule has 9 heteroatoms. The average Bonchev–Trinajstić information content (AvgIpc) is 3.09. The first kappa shape index (κ1) is 46.8. The SMILES string of the molecule is CCCCCCCCCCCCCCCCCC(=O)N(CCCCCCCCCCCCCC)[C@@]1(NC(=O)[C@H](C)N)C[C@@H](O)[C@H](O)[C@@H](CO)O1. The van der Waals surface area contributed by atoms with E-state index in [0.29, 0.717) is 13.0 Å². The van der Waals surface area contributed by atoms with Crippen LogP contribution in [0.2, 0.25) is 0 Å². The van der Waals surface area contributed by atoms with Crippen LogP contribution in [0.15, 0.2) is 0 Å². The molecule has 9 nitrogen and oxygen atoms in total. The number of carbonyl (C=O) groups excluding carboxylic acids is 2. The molecule has 1 aliphatic rings. The molecule has 1 fully saturated rings. The minimum Gasteiger partial charge on any atom is -0.394 e. The molecule has 0 saturated carbocycles. The monoisotopic (exact) mass is 712 g/mol. The Bertz CT molecular complexity index is 830. The van der Waals surface area contributed by atoms with Crippen molar-refractivity contribution in [2.24, 2.45) is 5.73 Å². The van der Waals surface area contributed by atoms with Crippen molar-refractivity contribution < 1.29 is 29.6 Å². The van der Waals surface area contributed by atoms with Crippen LogP contribution in [0.5, 0.6) is 0 Å². The summed E-state index contributed by atoms with van der Waals surface area (Å²) in [7, 11) is 0. The lowest BCUT2D eigenvalue weighted by atomic mass is 9.96. The average molecular weight is 712 g/mol. The molecular formula is C41H81N3O6. The number of aliphatic hydroxyl groups is 3. The van der Waals surface area contributed by atoms with Crippen molar-refractivity contribution in [3.05, 3.63) is 0 Å². The highest BCUT2D eigenvalue weighted by Crippen LogP contribution is 2.32. The normalized spacial score (nSPS) is 21.3. The van der Waals surface area contributed by atoms with Crippen LogP contribution < -0.4 is 11.1 Å². The largest absolute Gasteiger partial charge is 0.394 e. The summed E-state index contributed by atoms with van der Waals surface area (Å²) in [4.78, 5) is 28.4. The van der Waals surface area contributed by atoms with Crippen LogP contribution in [0.1, 0.15) is 207 Å². The molecule has 0 bridgehead atoms. The molecule has 1 heterocycles. The molecule has 50 heavy (non-hydrogen) atoms. The summed E-state index contributed by atoms with van der Waals surface area (Å²) in [5.74, 6) is -2.38. The number of aliphatic hydroxyl groups excluding tert-OH is 3. The summed E-state index contributed by atoms with van der Waals surface area (Å²) in [5.41, 5.74) is 5.90. The van der Waals surface area contributed by atoms with Gasteiger partial charge in [0, 0.05) is 19.4 Å². The number of unbranched alkanes of at least 4 members (excludes halogenated alkanes) is 25. The summed E-state index contributed by atoms with van der Waals surface area (Å²) in [6.45, 7) is 5.84. The summed E-state index contributed by atoms with van der Waals surface area (Å²) in [5, 5.41) is 34.1. The quantitative estimate of drug-likeness (QED) is 0.0340. The van der Waals surface area contributed by atoms with Crippen LogP contribution in [0.25, 0.3) is 0 Å². The molecule has 0 aromatic rings. The molecular weight excluding hydrogens is 630 g/mol. The molecule has 1 aliphatic heterocycles. The summed E-state index contributed by atoms with van der Waals surface area (Å²) >= 11 is 0. The third-order valence-electron chi connectivity index (χ3n) is 10.5. The molecule has 0 unspecified atom stereocenters. The number of nitrogens with one attached hydrogen (secondary N) is 1. The van der Waals surface area contributed by atoms with Gasteiger partial charge in [-0.1, -0.05) is 174 Å². The molecule has 6 N–H and O–H groups in total. The van der Waals surface area contributed by atoms with Crippen molar-refractivity contribution in [1.82, 2.24) is 10.2 Å². The van der Waals surface area contributed by atoms with Crippen LogP contribution >= 0.6 is 0 Å². The Labute approximate surface area is 307 Å². The predicted octanol–water partition coefficient (Wildman–Crippen LogP) is 8.40. The van der Waals surface area contributed by atoms with E-state index < -0.39 is 42.7 Å². The Morgan fingerprint density at radius 3 is 1.46 bits per heavy atom. The zero-order chi connectivity index (χ0) is 36.9. The van der Waals surface area contributed by atoms with Gasteiger partial charge in [-0.3, -0.25) is 14.5 Å². The third kappa shape index (κ3) is 20.7. The van der Waals surface area contributed by atoms with Gasteiger partial charge in [-0.2, -0.15) is 0 Å². The molecule has 5 atom stereocenters. The highest BCUT2D eigenvalue weighted by molar-refractivity contribution is 5.83. The molecule has 296 valence electrons. The molecule has 0 radical (unpaired) electrons. The maximum atomic E-state index is 13.9. The van der Waals surface area contributed by atoms with Crippen molar-refractivity contribution in [3.8, 4) is 0 Å². The Balaban J connectivity index is 2.64. The minimum absolute atomic E-state index is 0.159. The highest BCUT2D eigenvalue weighted by atomic mass is 16.6. The van der Waals surface area contributed by atoms with Crippen LogP contribution in [0.3, 0.4) is 0 Å². The first-order valence-electron chi connectivity index (χ1n) is 21.2. The highest BCUT2D eigenvalue weighted by Gasteiger charge is 2.52. The molecule has 0 aromatic heterocycles. The number of ether oxygens (including phenoxy) is 1. The van der Waals surface area contributed by atoms with E-state index in [-0.39, 0.29) is 12.3 Å². The van der Waals surface area contributed by atoms with Gasteiger partial charge in [-0.15, -0.1) is 0 Å². The van der Waals surface area contributed by atoms with E-state index in [2.05, 4.69) is 19.2 Å². The number of rotatable bonds is 33. The summed E-state index contributed by atoms with van der Waals surface area (Å²) in [6.07, 6.45) is 29.3. The van der Waals surface area contributed by atoms with Gasteiger partial charge >= 0.3 is 0 Å². The second-order valence-electron chi connectivity index (χ2n) is 15.3. The fourth-order valence-electron chi connectivity index (χ4n) is 7.19. The smallest absolute Gasteiger partial charge is 0.240 e. The molecule has 0 aliphatic carbocycles. The Kier molecular flexibility index (Phi) is 28.3. The van der Waals surface area contributed by atoms with Crippen molar-refractivity contribution in [2.45, 2.75) is 237 Å². The lowest BCUT2D eigenvalue weighted by Crippen LogP contribution is -2.72. The Morgan fingerprint density at radius 2 is 1.08 bits per heavy atom. The minimum atomic E-state index is -1.69. The maximum absolute atomic E-state index is 13.9. The second kappa shape index (κ2) is 30.2. The summed E-state index contributed by atoms with van der Waals surface area (Å²) in [6, 6.07) is -0.869. The molecule has 1 saturated heterocycles. The standard InChI is InChI=1S/C41H81N3O6/c1-4-6-8-10-12-14-16-18-19-20-21-23-25-27-29-31-38(47)44(32-30-28-26-24-22-17-15-13-11-9-7-5-2)41(43-40(49)35(3)42)33-36(46)39(48)37(34-45)50-41/h35-37,39,45-46,48H,4-34,42H2,1-3H3,(H,43,49)/t35-,36+,37+,39-,41-/m0/s1. The van der Waals surface area contributed by atoms with Gasteiger partial charge < -0.3 is 31.1 Å². The zero-order valence-electron chi connectivity index (χ0n) is 32.8. The van der Waals surface area contributed by atoms with Gasteiger partial charge in [-0.25, -0.2) is 0 Å². The van der Waals surface area contributed by atoms with E-state index in [1.54, 1.807) is 11.8 Å². The first-order valence-corrected chi connectivity index (χ1v) is 21.2.